The molecule has 0 radical (unpaired) electrons. The van der Waals surface area contributed by atoms with Crippen molar-refractivity contribution in [2.24, 2.45) is 0 Å². The van der Waals surface area contributed by atoms with Crippen molar-refractivity contribution < 1.29 is 14.7 Å². The van der Waals surface area contributed by atoms with Crippen LogP contribution in [0.15, 0.2) is 54.6 Å². The average Bonchev–Trinajstić information content (AvgIpc) is 2.52. The molecule has 0 saturated carbocycles. The minimum absolute atomic E-state index is 0.0916. The molecule has 0 atom stereocenters. The molecule has 3 aromatic carbocycles. The number of phenols is 1. The molecule has 0 saturated heterocycles. The Balaban J connectivity index is 2.63. The third-order valence-corrected chi connectivity index (χ3v) is 3.40. The van der Waals surface area contributed by atoms with Crippen molar-refractivity contribution in [3.8, 4) is 16.9 Å². The Morgan fingerprint density at radius 1 is 0.857 bits per heavy atom. The Morgan fingerprint density at radius 2 is 1.67 bits per heavy atom. The van der Waals surface area contributed by atoms with Gasteiger partial charge in [-0.3, -0.25) is 0 Å². The quantitative estimate of drug-likeness (QED) is 0.726. The molecule has 0 bridgehead atoms. The van der Waals surface area contributed by atoms with Crippen molar-refractivity contribution in [2.45, 2.75) is 0 Å². The van der Waals surface area contributed by atoms with Crippen LogP contribution >= 0.6 is 0 Å². The second kappa shape index (κ2) is 5.10. The Labute approximate surface area is 120 Å². The molecule has 0 aromatic heterocycles. The number of rotatable bonds is 1. The van der Waals surface area contributed by atoms with Crippen LogP contribution in [0.2, 0.25) is 0 Å². The summed E-state index contributed by atoms with van der Waals surface area (Å²) in [6, 6.07) is 15.6. The number of fused-ring (bicyclic) bond motifs is 1. The highest BCUT2D eigenvalue weighted by Gasteiger charge is 2.09. The van der Waals surface area contributed by atoms with E-state index in [1.165, 1.54) is 0 Å². The Morgan fingerprint density at radius 3 is 2.38 bits per heavy atom. The standard InChI is InChI=1S/C18H10O3/c19-10-14-8-12-4-1-2-7-16(12)18(17(14)11-20)13-5-3-6-15(21)9-13/h1-9,21H. The molecule has 0 unspecified atom stereocenters. The van der Waals surface area contributed by atoms with E-state index in [0.717, 1.165) is 10.8 Å². The fourth-order valence-corrected chi connectivity index (χ4v) is 2.50. The largest absolute Gasteiger partial charge is 0.508 e. The van der Waals surface area contributed by atoms with Crippen LogP contribution in [-0.4, -0.2) is 17.0 Å². The van der Waals surface area contributed by atoms with Gasteiger partial charge in [0.25, 0.3) is 0 Å². The summed E-state index contributed by atoms with van der Waals surface area (Å²) in [5.74, 6) is 3.71. The molecule has 0 aliphatic carbocycles. The maximum absolute atomic E-state index is 11.3. The first-order chi connectivity index (χ1) is 10.2. The Hall–Kier alpha value is -3.12. The first-order valence-corrected chi connectivity index (χ1v) is 6.36. The SMILES string of the molecule is O=C=c1cc2ccccc2c(-c2cccc(O)c2)c1=C=O. The lowest BCUT2D eigenvalue weighted by atomic mass is 9.95. The summed E-state index contributed by atoms with van der Waals surface area (Å²) in [6.45, 7) is 0. The lowest BCUT2D eigenvalue weighted by molar-refractivity contribution is 0.475. The predicted molar refractivity (Wildman–Crippen MR) is 79.9 cm³/mol. The van der Waals surface area contributed by atoms with Crippen LogP contribution in [0.4, 0.5) is 0 Å². The van der Waals surface area contributed by atoms with Crippen LogP contribution in [0.5, 0.6) is 5.75 Å². The zero-order valence-corrected chi connectivity index (χ0v) is 11.0. The van der Waals surface area contributed by atoms with Crippen molar-refractivity contribution in [1.29, 1.82) is 0 Å². The molecular formula is C18H10O3. The van der Waals surface area contributed by atoms with E-state index in [0.29, 0.717) is 11.1 Å². The number of aromatic hydroxyl groups is 1. The van der Waals surface area contributed by atoms with E-state index in [1.54, 1.807) is 36.3 Å². The van der Waals surface area contributed by atoms with Gasteiger partial charge in [0, 0.05) is 5.56 Å². The summed E-state index contributed by atoms with van der Waals surface area (Å²) < 4.78 is 0. The van der Waals surface area contributed by atoms with Crippen LogP contribution in [0.3, 0.4) is 0 Å². The van der Waals surface area contributed by atoms with Crippen molar-refractivity contribution in [3.63, 3.8) is 0 Å². The number of phenolic OH excluding ortho intramolecular Hbond substituents is 1. The van der Waals surface area contributed by atoms with Crippen LogP contribution in [0.25, 0.3) is 21.9 Å². The van der Waals surface area contributed by atoms with Gasteiger partial charge in [0.2, 0.25) is 0 Å². The molecule has 3 nitrogen and oxygen atoms in total. The van der Waals surface area contributed by atoms with Gasteiger partial charge in [0.15, 0.2) is 0 Å². The summed E-state index contributed by atoms with van der Waals surface area (Å²) in [7, 11) is 0. The molecule has 0 aliphatic rings. The van der Waals surface area contributed by atoms with Crippen LogP contribution in [0, 0.1) is 0 Å². The van der Waals surface area contributed by atoms with Crippen LogP contribution in [-0.2, 0) is 9.59 Å². The molecule has 0 spiro atoms. The minimum Gasteiger partial charge on any atom is -0.508 e. The van der Waals surface area contributed by atoms with Crippen molar-refractivity contribution in [1.82, 2.24) is 0 Å². The van der Waals surface area contributed by atoms with Gasteiger partial charge in [-0.25, -0.2) is 9.59 Å². The van der Waals surface area contributed by atoms with Gasteiger partial charge in [0.1, 0.15) is 17.6 Å². The maximum Gasteiger partial charge on any atom is 0.134 e. The van der Waals surface area contributed by atoms with Crippen molar-refractivity contribution >= 4 is 22.7 Å². The maximum atomic E-state index is 11.3. The van der Waals surface area contributed by atoms with Gasteiger partial charge in [-0.15, -0.1) is 0 Å². The lowest BCUT2D eigenvalue weighted by Gasteiger charge is -2.07. The number of hydrogen-bond acceptors (Lipinski definition) is 3. The smallest absolute Gasteiger partial charge is 0.134 e. The Bertz CT molecular complexity index is 1010. The van der Waals surface area contributed by atoms with Crippen molar-refractivity contribution in [3.05, 3.63) is 65.0 Å². The summed E-state index contributed by atoms with van der Waals surface area (Å²) in [5, 5.41) is 11.6. The molecule has 0 fully saturated rings. The van der Waals surface area contributed by atoms with Gasteiger partial charge in [-0.05, 0) is 34.5 Å². The molecule has 3 aromatic rings. The molecule has 0 heterocycles. The van der Waals surface area contributed by atoms with Gasteiger partial charge >= 0.3 is 0 Å². The van der Waals surface area contributed by atoms with Gasteiger partial charge in [-0.2, -0.15) is 0 Å². The van der Waals surface area contributed by atoms with Crippen molar-refractivity contribution in [2.75, 3.05) is 0 Å². The van der Waals surface area contributed by atoms with E-state index < -0.39 is 0 Å². The zero-order valence-electron chi connectivity index (χ0n) is 11.0. The molecule has 1 N–H and O–H groups in total. The second-order valence-corrected chi connectivity index (χ2v) is 4.65. The summed E-state index contributed by atoms with van der Waals surface area (Å²) in [4.78, 5) is 22.5. The Kier molecular flexibility index (Phi) is 3.13. The minimum atomic E-state index is 0.0916. The summed E-state index contributed by atoms with van der Waals surface area (Å²) >= 11 is 0. The normalized spacial score (nSPS) is 10.1. The summed E-state index contributed by atoms with van der Waals surface area (Å²) in [6.07, 6.45) is 0. The van der Waals surface area contributed by atoms with Gasteiger partial charge < -0.3 is 5.11 Å². The molecular weight excluding hydrogens is 264 g/mol. The monoisotopic (exact) mass is 274 g/mol. The highest BCUT2D eigenvalue weighted by molar-refractivity contribution is 5.98. The number of hydrogen-bond donors (Lipinski definition) is 1. The highest BCUT2D eigenvalue weighted by atomic mass is 16.3. The van der Waals surface area contributed by atoms with E-state index in [-0.39, 0.29) is 16.2 Å². The van der Waals surface area contributed by atoms with E-state index in [9.17, 15) is 14.7 Å². The zero-order chi connectivity index (χ0) is 14.8. The molecule has 0 amide bonds. The predicted octanol–water partition coefficient (Wildman–Crippen LogP) is 1.22. The fourth-order valence-electron chi connectivity index (χ4n) is 2.50. The third kappa shape index (κ3) is 2.13. The molecule has 100 valence electrons. The van der Waals surface area contributed by atoms with Gasteiger partial charge in [0.05, 0.1) is 10.4 Å². The molecule has 21 heavy (non-hydrogen) atoms. The van der Waals surface area contributed by atoms with E-state index in [1.807, 2.05) is 30.2 Å². The topological polar surface area (TPSA) is 54.4 Å². The van der Waals surface area contributed by atoms with E-state index in [4.69, 9.17) is 0 Å². The molecule has 3 rings (SSSR count). The van der Waals surface area contributed by atoms with Crippen LogP contribution in [0.1, 0.15) is 0 Å². The first kappa shape index (κ1) is 12.9. The second-order valence-electron chi connectivity index (χ2n) is 4.65. The molecule has 0 aliphatic heterocycles. The summed E-state index contributed by atoms with van der Waals surface area (Å²) in [5.41, 5.74) is 1.24. The van der Waals surface area contributed by atoms with E-state index >= 15 is 0 Å². The first-order valence-electron chi connectivity index (χ1n) is 6.36. The third-order valence-electron chi connectivity index (χ3n) is 3.40. The van der Waals surface area contributed by atoms with E-state index in [2.05, 4.69) is 0 Å². The average molecular weight is 274 g/mol. The highest BCUT2D eigenvalue weighted by Crippen LogP contribution is 2.26. The lowest BCUT2D eigenvalue weighted by Crippen LogP contribution is -2.29. The van der Waals surface area contributed by atoms with Crippen LogP contribution < -0.4 is 10.4 Å². The number of carbonyl (C=O) groups excluding carboxylic acids is 2. The molecule has 3 heteroatoms. The fraction of sp³-hybridized carbons (Fsp3) is 0. The van der Waals surface area contributed by atoms with Gasteiger partial charge in [-0.1, -0.05) is 36.4 Å². The number of benzene rings is 3.